The molecule has 15 heavy (non-hydrogen) atoms. The van der Waals surface area contributed by atoms with Gasteiger partial charge in [0.2, 0.25) is 0 Å². The third-order valence-electron chi connectivity index (χ3n) is 1.87. The van der Waals surface area contributed by atoms with E-state index in [2.05, 4.69) is 31.3 Å². The van der Waals surface area contributed by atoms with Gasteiger partial charge in [0, 0.05) is 12.6 Å². The summed E-state index contributed by atoms with van der Waals surface area (Å²) in [6.45, 7) is 9.20. The highest BCUT2D eigenvalue weighted by molar-refractivity contribution is 5.26. The normalized spacial score (nSPS) is 9.47. The molecule has 0 amide bonds. The summed E-state index contributed by atoms with van der Waals surface area (Å²) in [6.07, 6.45) is 0. The van der Waals surface area contributed by atoms with Crippen LogP contribution in [0.5, 0.6) is 5.75 Å². The SMILES string of the molecule is CC.COc1ccc(CNC(C)C)cc1. The summed E-state index contributed by atoms with van der Waals surface area (Å²) in [7, 11) is 1.68. The Morgan fingerprint density at radius 3 is 2.07 bits per heavy atom. The molecule has 86 valence electrons. The molecule has 2 nitrogen and oxygen atoms in total. The molecular formula is C13H23NO. The predicted octanol–water partition coefficient (Wildman–Crippen LogP) is 3.22. The number of hydrogen-bond acceptors (Lipinski definition) is 2. The molecule has 0 atom stereocenters. The quantitative estimate of drug-likeness (QED) is 0.822. The summed E-state index contributed by atoms with van der Waals surface area (Å²) in [5.41, 5.74) is 1.29. The van der Waals surface area contributed by atoms with Crippen molar-refractivity contribution in [2.45, 2.75) is 40.3 Å². The van der Waals surface area contributed by atoms with E-state index in [4.69, 9.17) is 4.74 Å². The first-order valence-electron chi connectivity index (χ1n) is 5.58. The van der Waals surface area contributed by atoms with Crippen molar-refractivity contribution in [3.8, 4) is 5.75 Å². The maximum Gasteiger partial charge on any atom is 0.118 e. The fourth-order valence-corrected chi connectivity index (χ4v) is 1.07. The van der Waals surface area contributed by atoms with Gasteiger partial charge in [-0.3, -0.25) is 0 Å². The lowest BCUT2D eigenvalue weighted by atomic mass is 10.2. The number of nitrogens with one attached hydrogen (secondary N) is 1. The largest absolute Gasteiger partial charge is 0.497 e. The lowest BCUT2D eigenvalue weighted by Crippen LogP contribution is -2.21. The van der Waals surface area contributed by atoms with Gasteiger partial charge in [-0.1, -0.05) is 39.8 Å². The first-order valence-corrected chi connectivity index (χ1v) is 5.58. The van der Waals surface area contributed by atoms with E-state index in [1.807, 2.05) is 26.0 Å². The molecule has 0 fully saturated rings. The molecule has 0 spiro atoms. The van der Waals surface area contributed by atoms with Crippen molar-refractivity contribution < 1.29 is 4.74 Å². The molecule has 0 aromatic heterocycles. The average Bonchev–Trinajstić information content (AvgIpc) is 2.30. The Morgan fingerprint density at radius 2 is 1.67 bits per heavy atom. The van der Waals surface area contributed by atoms with Crippen molar-refractivity contribution >= 4 is 0 Å². The summed E-state index contributed by atoms with van der Waals surface area (Å²) in [5.74, 6) is 0.910. The van der Waals surface area contributed by atoms with E-state index in [1.54, 1.807) is 7.11 Å². The summed E-state index contributed by atoms with van der Waals surface area (Å²) in [6, 6.07) is 8.65. The zero-order valence-corrected chi connectivity index (χ0v) is 10.5. The van der Waals surface area contributed by atoms with Crippen molar-refractivity contribution in [3.05, 3.63) is 29.8 Å². The molecule has 0 radical (unpaired) electrons. The third kappa shape index (κ3) is 6.13. The van der Waals surface area contributed by atoms with E-state index in [0.717, 1.165) is 12.3 Å². The van der Waals surface area contributed by atoms with Gasteiger partial charge in [0.15, 0.2) is 0 Å². The van der Waals surface area contributed by atoms with Crippen molar-refractivity contribution in [2.24, 2.45) is 0 Å². The standard InChI is InChI=1S/C11H17NO.C2H6/c1-9(2)12-8-10-4-6-11(13-3)7-5-10;1-2/h4-7,9,12H,8H2,1-3H3;1-2H3. The highest BCUT2D eigenvalue weighted by Crippen LogP contribution is 2.10. The summed E-state index contributed by atoms with van der Waals surface area (Å²) >= 11 is 0. The molecule has 1 rings (SSSR count). The van der Waals surface area contributed by atoms with Gasteiger partial charge in [0.1, 0.15) is 5.75 Å². The Balaban J connectivity index is 0.000000921. The van der Waals surface area contributed by atoms with Crippen LogP contribution >= 0.6 is 0 Å². The fourth-order valence-electron chi connectivity index (χ4n) is 1.07. The number of methoxy groups -OCH3 is 1. The Kier molecular flexibility index (Phi) is 7.74. The van der Waals surface area contributed by atoms with Crippen LogP contribution in [0.15, 0.2) is 24.3 Å². The Bertz CT molecular complexity index is 241. The molecule has 0 aliphatic heterocycles. The van der Waals surface area contributed by atoms with E-state index in [1.165, 1.54) is 5.56 Å². The van der Waals surface area contributed by atoms with Crippen molar-refractivity contribution in [3.63, 3.8) is 0 Å². The average molecular weight is 209 g/mol. The van der Waals surface area contributed by atoms with Crippen LogP contribution in [0.3, 0.4) is 0 Å². The molecule has 0 saturated carbocycles. The second-order valence-electron chi connectivity index (χ2n) is 3.38. The molecule has 1 aromatic rings. The van der Waals surface area contributed by atoms with Crippen LogP contribution in [-0.4, -0.2) is 13.2 Å². The van der Waals surface area contributed by atoms with Gasteiger partial charge in [-0.05, 0) is 17.7 Å². The Hall–Kier alpha value is -1.02. The number of benzene rings is 1. The smallest absolute Gasteiger partial charge is 0.118 e. The van der Waals surface area contributed by atoms with Crippen molar-refractivity contribution in [2.75, 3.05) is 7.11 Å². The molecule has 0 unspecified atom stereocenters. The number of rotatable bonds is 4. The van der Waals surface area contributed by atoms with E-state index in [-0.39, 0.29) is 0 Å². The molecular weight excluding hydrogens is 186 g/mol. The van der Waals surface area contributed by atoms with Gasteiger partial charge in [0.25, 0.3) is 0 Å². The topological polar surface area (TPSA) is 21.3 Å². The molecule has 0 heterocycles. The Labute approximate surface area is 93.7 Å². The molecule has 0 saturated heterocycles. The van der Waals surface area contributed by atoms with Crippen LogP contribution in [0, 0.1) is 0 Å². The van der Waals surface area contributed by atoms with Crippen LogP contribution in [0.4, 0.5) is 0 Å². The van der Waals surface area contributed by atoms with Crippen LogP contribution in [0.2, 0.25) is 0 Å². The molecule has 0 bridgehead atoms. The van der Waals surface area contributed by atoms with E-state index < -0.39 is 0 Å². The molecule has 2 heteroatoms. The first-order chi connectivity index (χ1) is 7.22. The minimum Gasteiger partial charge on any atom is -0.497 e. The number of hydrogen-bond donors (Lipinski definition) is 1. The number of ether oxygens (including phenoxy) is 1. The minimum absolute atomic E-state index is 0.530. The van der Waals surface area contributed by atoms with Gasteiger partial charge >= 0.3 is 0 Å². The second kappa shape index (κ2) is 8.30. The van der Waals surface area contributed by atoms with E-state index >= 15 is 0 Å². The van der Waals surface area contributed by atoms with E-state index in [0.29, 0.717) is 6.04 Å². The van der Waals surface area contributed by atoms with Crippen molar-refractivity contribution in [1.82, 2.24) is 5.32 Å². The second-order valence-corrected chi connectivity index (χ2v) is 3.38. The monoisotopic (exact) mass is 209 g/mol. The van der Waals surface area contributed by atoms with E-state index in [9.17, 15) is 0 Å². The van der Waals surface area contributed by atoms with Gasteiger partial charge in [0.05, 0.1) is 7.11 Å². The zero-order chi connectivity index (χ0) is 11.7. The maximum atomic E-state index is 5.07. The van der Waals surface area contributed by atoms with Crippen LogP contribution in [0.25, 0.3) is 0 Å². The van der Waals surface area contributed by atoms with Gasteiger partial charge < -0.3 is 10.1 Å². The highest BCUT2D eigenvalue weighted by atomic mass is 16.5. The summed E-state index contributed by atoms with van der Waals surface area (Å²) in [5, 5.41) is 3.36. The third-order valence-corrected chi connectivity index (χ3v) is 1.87. The van der Waals surface area contributed by atoms with Crippen molar-refractivity contribution in [1.29, 1.82) is 0 Å². The molecule has 0 aliphatic carbocycles. The van der Waals surface area contributed by atoms with Crippen LogP contribution < -0.4 is 10.1 Å². The lowest BCUT2D eigenvalue weighted by molar-refractivity contribution is 0.414. The summed E-state index contributed by atoms with van der Waals surface area (Å²) in [4.78, 5) is 0. The van der Waals surface area contributed by atoms with Gasteiger partial charge in [-0.2, -0.15) is 0 Å². The lowest BCUT2D eigenvalue weighted by Gasteiger charge is -2.08. The highest BCUT2D eigenvalue weighted by Gasteiger charge is 1.95. The summed E-state index contributed by atoms with van der Waals surface area (Å²) < 4.78 is 5.07. The van der Waals surface area contributed by atoms with Gasteiger partial charge in [-0.15, -0.1) is 0 Å². The van der Waals surface area contributed by atoms with Crippen LogP contribution in [-0.2, 0) is 6.54 Å². The minimum atomic E-state index is 0.530. The first kappa shape index (κ1) is 14.0. The molecule has 0 aliphatic rings. The maximum absolute atomic E-state index is 5.07. The van der Waals surface area contributed by atoms with Gasteiger partial charge in [-0.25, -0.2) is 0 Å². The van der Waals surface area contributed by atoms with Crippen LogP contribution in [0.1, 0.15) is 33.3 Å². The Morgan fingerprint density at radius 1 is 1.13 bits per heavy atom. The fraction of sp³-hybridized carbons (Fsp3) is 0.538. The predicted molar refractivity (Wildman–Crippen MR) is 66.3 cm³/mol. The molecule has 1 N–H and O–H groups in total. The molecule has 1 aromatic carbocycles. The zero-order valence-electron chi connectivity index (χ0n) is 10.5.